The lowest BCUT2D eigenvalue weighted by Gasteiger charge is -2.17. The van der Waals surface area contributed by atoms with Gasteiger partial charge in [-0.3, -0.25) is 24.5 Å². The van der Waals surface area contributed by atoms with E-state index in [1.807, 2.05) is 0 Å². The molecule has 1 atom stereocenters. The molecule has 9 heteroatoms. The highest BCUT2D eigenvalue weighted by Crippen LogP contribution is 2.29. The summed E-state index contributed by atoms with van der Waals surface area (Å²) in [6.45, 7) is 3.96. The molecule has 174 valence electrons. The molecular weight excluding hydrogens is 445 g/mol. The normalized spacial score (nSPS) is 12.3. The van der Waals surface area contributed by atoms with Crippen LogP contribution in [0.3, 0.4) is 0 Å². The molecule has 0 aromatic carbocycles. The smallest absolute Gasteiger partial charge is 0.347 e. The van der Waals surface area contributed by atoms with Crippen LogP contribution in [0, 0.1) is 0 Å². The third-order valence-electron chi connectivity index (χ3n) is 4.98. The van der Waals surface area contributed by atoms with Crippen molar-refractivity contribution in [1.29, 1.82) is 0 Å². The number of hydrogen-bond donors (Lipinski definition) is 1. The number of nitrogens with zero attached hydrogens (tertiary/aromatic N) is 3. The van der Waals surface area contributed by atoms with Crippen molar-refractivity contribution < 1.29 is 22.8 Å². The number of aromatic nitrogens is 3. The maximum atomic E-state index is 12.7. The summed E-state index contributed by atoms with van der Waals surface area (Å²) in [6.07, 6.45) is 5.37. The topological polar surface area (TPSA) is 84.8 Å². The highest BCUT2D eigenvalue weighted by atomic mass is 19.4. The summed E-state index contributed by atoms with van der Waals surface area (Å²) < 4.78 is 38.2. The first-order valence-electron chi connectivity index (χ1n) is 10.2. The monoisotopic (exact) mass is 466 g/mol. The Labute approximate surface area is 194 Å². The number of rotatable bonds is 9. The minimum absolute atomic E-state index is 0.196. The lowest BCUT2D eigenvalue weighted by molar-refractivity contribution is -0.141. The zero-order valence-corrected chi connectivity index (χ0v) is 18.0. The molecule has 1 N–H and O–H groups in total. The quantitative estimate of drug-likeness (QED) is 0.376. The van der Waals surface area contributed by atoms with E-state index in [1.54, 1.807) is 48.9 Å². The van der Waals surface area contributed by atoms with Gasteiger partial charge in [0.25, 0.3) is 0 Å². The number of pyridine rings is 3. The van der Waals surface area contributed by atoms with Gasteiger partial charge < -0.3 is 5.32 Å². The molecule has 3 aromatic heterocycles. The van der Waals surface area contributed by atoms with Gasteiger partial charge >= 0.3 is 6.18 Å². The number of allylic oxidation sites excluding steroid dienone is 1. The number of halogens is 3. The average Bonchev–Trinajstić information content (AvgIpc) is 2.85. The first kappa shape index (κ1) is 24.5. The van der Waals surface area contributed by atoms with Crippen LogP contribution < -0.4 is 5.32 Å². The lowest BCUT2D eigenvalue weighted by atomic mass is 9.88. The molecule has 0 aliphatic carbocycles. The van der Waals surface area contributed by atoms with Crippen LogP contribution in [0.25, 0.3) is 6.08 Å². The van der Waals surface area contributed by atoms with Crippen LogP contribution >= 0.6 is 0 Å². The van der Waals surface area contributed by atoms with Crippen molar-refractivity contribution in [3.05, 3.63) is 107 Å². The van der Waals surface area contributed by atoms with Crippen LogP contribution in [-0.2, 0) is 28.7 Å². The summed E-state index contributed by atoms with van der Waals surface area (Å²) in [5, 5.41) is 2.73. The summed E-state index contributed by atoms with van der Waals surface area (Å²) in [4.78, 5) is 35.1. The Morgan fingerprint density at radius 2 is 1.82 bits per heavy atom. The zero-order valence-electron chi connectivity index (χ0n) is 18.0. The van der Waals surface area contributed by atoms with E-state index in [0.29, 0.717) is 23.1 Å². The Hall–Kier alpha value is -4.14. The number of amides is 1. The summed E-state index contributed by atoms with van der Waals surface area (Å²) >= 11 is 0. The third-order valence-corrected chi connectivity index (χ3v) is 4.98. The average molecular weight is 466 g/mol. The van der Waals surface area contributed by atoms with Gasteiger partial charge in [-0.25, -0.2) is 0 Å². The predicted molar refractivity (Wildman–Crippen MR) is 120 cm³/mol. The molecular formula is C25H21F3N4O2. The third kappa shape index (κ3) is 6.93. The van der Waals surface area contributed by atoms with Gasteiger partial charge in [0.2, 0.25) is 5.91 Å². The molecule has 0 spiro atoms. The Kier molecular flexibility index (Phi) is 8.02. The van der Waals surface area contributed by atoms with Gasteiger partial charge in [0.1, 0.15) is 12.0 Å². The van der Waals surface area contributed by atoms with E-state index in [0.717, 1.165) is 17.8 Å². The highest BCUT2D eigenvalue weighted by Gasteiger charge is 2.32. The standard InChI is InChI=1S/C25H21F3N4O2/c1-17(16-33)22(12-19-2-6-23(31-13-19)25(26,27)28)20-4-5-21(30-14-20)15-32-24(34)7-3-18-8-10-29-11-9-18/h2-11,13-14,16,22H,1,12,15H2,(H,32,34). The van der Waals surface area contributed by atoms with Crippen molar-refractivity contribution in [3.63, 3.8) is 0 Å². The predicted octanol–water partition coefficient (Wildman–Crippen LogP) is 4.30. The fourth-order valence-electron chi connectivity index (χ4n) is 3.12. The molecule has 34 heavy (non-hydrogen) atoms. The molecule has 0 bridgehead atoms. The molecule has 0 fully saturated rings. The maximum Gasteiger partial charge on any atom is 0.433 e. The number of nitrogens with one attached hydrogen (secondary N) is 1. The molecule has 0 saturated heterocycles. The molecule has 0 aliphatic rings. The second-order valence-electron chi connectivity index (χ2n) is 7.41. The minimum atomic E-state index is -4.52. The first-order chi connectivity index (χ1) is 16.3. The zero-order chi connectivity index (χ0) is 24.6. The van der Waals surface area contributed by atoms with Crippen LogP contribution in [0.5, 0.6) is 0 Å². The number of hydrogen-bond acceptors (Lipinski definition) is 5. The van der Waals surface area contributed by atoms with E-state index >= 15 is 0 Å². The Bertz CT molecular complexity index is 1160. The van der Waals surface area contributed by atoms with Gasteiger partial charge in [0.05, 0.1) is 12.2 Å². The fraction of sp³-hybridized carbons (Fsp3) is 0.160. The van der Waals surface area contributed by atoms with Crippen molar-refractivity contribution in [2.45, 2.75) is 25.1 Å². The minimum Gasteiger partial charge on any atom is -0.347 e. The van der Waals surface area contributed by atoms with Gasteiger partial charge in [-0.2, -0.15) is 13.2 Å². The molecule has 3 rings (SSSR count). The van der Waals surface area contributed by atoms with Gasteiger partial charge in [-0.15, -0.1) is 0 Å². The molecule has 3 heterocycles. The van der Waals surface area contributed by atoms with Crippen molar-refractivity contribution in [2.24, 2.45) is 0 Å². The van der Waals surface area contributed by atoms with E-state index in [-0.39, 0.29) is 24.4 Å². The van der Waals surface area contributed by atoms with Gasteiger partial charge in [0, 0.05) is 36.8 Å². The number of alkyl halides is 3. The summed E-state index contributed by atoms with van der Waals surface area (Å²) in [5.41, 5.74) is 1.93. The van der Waals surface area contributed by atoms with E-state index < -0.39 is 17.8 Å². The van der Waals surface area contributed by atoms with Gasteiger partial charge in [-0.1, -0.05) is 18.7 Å². The van der Waals surface area contributed by atoms with E-state index in [2.05, 4.69) is 26.8 Å². The van der Waals surface area contributed by atoms with Crippen LogP contribution in [0.1, 0.15) is 34.0 Å². The molecule has 0 radical (unpaired) electrons. The van der Waals surface area contributed by atoms with Crippen molar-refractivity contribution >= 4 is 18.3 Å². The van der Waals surface area contributed by atoms with Crippen LogP contribution in [0.4, 0.5) is 13.2 Å². The Morgan fingerprint density at radius 1 is 1.06 bits per heavy atom. The molecule has 0 saturated carbocycles. The SMILES string of the molecule is C=C(C=O)C(Cc1ccc(C(F)(F)F)nc1)c1ccc(CNC(=O)C=Cc2ccncc2)nc1. The van der Waals surface area contributed by atoms with Crippen molar-refractivity contribution in [2.75, 3.05) is 0 Å². The lowest BCUT2D eigenvalue weighted by Crippen LogP contribution is -2.21. The second-order valence-corrected chi connectivity index (χ2v) is 7.41. The largest absolute Gasteiger partial charge is 0.433 e. The summed E-state index contributed by atoms with van der Waals surface area (Å²) in [5.74, 6) is -0.764. The Balaban J connectivity index is 1.63. The molecule has 0 aliphatic heterocycles. The molecule has 1 amide bonds. The number of carbonyl (C=O) groups excluding carboxylic acids is 2. The van der Waals surface area contributed by atoms with Crippen LogP contribution in [0.2, 0.25) is 0 Å². The van der Waals surface area contributed by atoms with Crippen molar-refractivity contribution in [1.82, 2.24) is 20.3 Å². The van der Waals surface area contributed by atoms with Crippen LogP contribution in [-0.4, -0.2) is 27.1 Å². The van der Waals surface area contributed by atoms with Crippen molar-refractivity contribution in [3.8, 4) is 0 Å². The van der Waals surface area contributed by atoms with Crippen LogP contribution in [0.15, 0.2) is 79.4 Å². The first-order valence-corrected chi connectivity index (χ1v) is 10.2. The number of carbonyl (C=O) groups is 2. The Morgan fingerprint density at radius 3 is 2.41 bits per heavy atom. The maximum absolute atomic E-state index is 12.7. The summed E-state index contributed by atoms with van der Waals surface area (Å²) in [7, 11) is 0. The second kappa shape index (κ2) is 11.1. The van der Waals surface area contributed by atoms with E-state index in [9.17, 15) is 22.8 Å². The molecule has 6 nitrogen and oxygen atoms in total. The summed E-state index contributed by atoms with van der Waals surface area (Å²) in [6, 6.07) is 9.24. The van der Waals surface area contributed by atoms with Gasteiger partial charge in [-0.05, 0) is 59.0 Å². The fourth-order valence-corrected chi connectivity index (χ4v) is 3.12. The van der Waals surface area contributed by atoms with E-state index in [4.69, 9.17) is 0 Å². The highest BCUT2D eigenvalue weighted by molar-refractivity contribution is 5.91. The molecule has 3 aromatic rings. The molecule has 1 unspecified atom stereocenters. The van der Waals surface area contributed by atoms with Gasteiger partial charge in [0.15, 0.2) is 0 Å². The van der Waals surface area contributed by atoms with E-state index in [1.165, 1.54) is 12.1 Å². The number of aldehydes is 1.